The number of hydrogen-bond acceptors (Lipinski definition) is 3. The third kappa shape index (κ3) is 4.21. The molecule has 2 rings (SSSR count). The quantitative estimate of drug-likeness (QED) is 0.665. The number of hydrogen-bond donors (Lipinski definition) is 1. The molecule has 0 spiro atoms. The van der Waals surface area contributed by atoms with Crippen molar-refractivity contribution >= 4 is 33.6 Å². The van der Waals surface area contributed by atoms with Crippen LogP contribution in [0.15, 0.2) is 58.6 Å². The van der Waals surface area contributed by atoms with Crippen LogP contribution in [0.4, 0.5) is 5.69 Å². The Labute approximate surface area is 137 Å². The molecule has 0 saturated heterocycles. The molecule has 1 amide bonds. The zero-order valence-electron chi connectivity index (χ0n) is 11.8. The smallest absolute Gasteiger partial charge is 0.266 e. The molecule has 2 aromatic carbocycles. The number of nitrogens with one attached hydrogen (secondary N) is 1. The van der Waals surface area contributed by atoms with Gasteiger partial charge in [0.2, 0.25) is 0 Å². The number of amides is 1. The van der Waals surface area contributed by atoms with Gasteiger partial charge < -0.3 is 10.1 Å². The summed E-state index contributed by atoms with van der Waals surface area (Å²) in [4.78, 5) is 12.1. The van der Waals surface area contributed by atoms with Crippen molar-refractivity contribution in [2.75, 3.05) is 12.4 Å². The predicted octanol–water partition coefficient (Wildman–Crippen LogP) is 4.00. The van der Waals surface area contributed by atoms with Crippen LogP contribution in [0, 0.1) is 11.3 Å². The molecule has 0 fully saturated rings. The molecule has 2 aromatic rings. The number of halogens is 1. The van der Waals surface area contributed by atoms with Gasteiger partial charge in [0, 0.05) is 10.2 Å². The zero-order valence-corrected chi connectivity index (χ0v) is 13.4. The Bertz CT molecular complexity index is 746. The fourth-order valence-corrected chi connectivity index (χ4v) is 2.04. The van der Waals surface area contributed by atoms with Gasteiger partial charge in [-0.25, -0.2) is 0 Å². The highest BCUT2D eigenvalue weighted by Gasteiger charge is 2.09. The van der Waals surface area contributed by atoms with E-state index < -0.39 is 5.91 Å². The van der Waals surface area contributed by atoms with Crippen LogP contribution in [0.25, 0.3) is 6.08 Å². The summed E-state index contributed by atoms with van der Waals surface area (Å²) >= 11 is 3.32. The van der Waals surface area contributed by atoms with Crippen LogP contribution in [0.2, 0.25) is 0 Å². The molecule has 0 unspecified atom stereocenters. The van der Waals surface area contributed by atoms with Gasteiger partial charge in [0.15, 0.2) is 0 Å². The second-order valence-electron chi connectivity index (χ2n) is 4.41. The first kappa shape index (κ1) is 15.8. The van der Waals surface area contributed by atoms with Gasteiger partial charge in [0.05, 0.1) is 7.11 Å². The summed E-state index contributed by atoms with van der Waals surface area (Å²) < 4.78 is 6.03. The van der Waals surface area contributed by atoms with Gasteiger partial charge in [0.25, 0.3) is 5.91 Å². The number of anilines is 1. The van der Waals surface area contributed by atoms with Crippen LogP contribution < -0.4 is 10.1 Å². The maximum atomic E-state index is 12.1. The summed E-state index contributed by atoms with van der Waals surface area (Å²) in [5, 5.41) is 11.9. The minimum absolute atomic E-state index is 0.0242. The predicted molar refractivity (Wildman–Crippen MR) is 89.4 cm³/mol. The van der Waals surface area contributed by atoms with E-state index in [4.69, 9.17) is 4.74 Å². The number of carbonyl (C=O) groups excluding carboxylic acids is 1. The number of carbonyl (C=O) groups is 1. The SMILES string of the molecule is COc1cccc(/C=C(/C#N)C(=O)Nc2ccc(Br)cc2)c1. The molecule has 0 atom stereocenters. The van der Waals surface area contributed by atoms with Crippen LogP contribution in [0.5, 0.6) is 5.75 Å². The fraction of sp³-hybridized carbons (Fsp3) is 0.0588. The van der Waals surface area contributed by atoms with Gasteiger partial charge in [-0.2, -0.15) is 5.26 Å². The summed E-state index contributed by atoms with van der Waals surface area (Å²) in [6, 6.07) is 16.2. The number of rotatable bonds is 4. The molecule has 0 aliphatic heterocycles. The van der Waals surface area contributed by atoms with Gasteiger partial charge in [-0.05, 0) is 48.0 Å². The van der Waals surface area contributed by atoms with Crippen molar-refractivity contribution in [1.82, 2.24) is 0 Å². The first-order valence-corrected chi connectivity index (χ1v) is 7.24. The molecule has 22 heavy (non-hydrogen) atoms. The largest absolute Gasteiger partial charge is 0.497 e. The average molecular weight is 357 g/mol. The Kier molecular flexibility index (Phi) is 5.34. The Morgan fingerprint density at radius 3 is 2.64 bits per heavy atom. The topological polar surface area (TPSA) is 62.1 Å². The number of nitriles is 1. The Balaban J connectivity index is 2.19. The van der Waals surface area contributed by atoms with Crippen molar-refractivity contribution in [3.63, 3.8) is 0 Å². The second kappa shape index (κ2) is 7.43. The van der Waals surface area contributed by atoms with Gasteiger partial charge >= 0.3 is 0 Å². The molecule has 1 N–H and O–H groups in total. The summed E-state index contributed by atoms with van der Waals surface area (Å²) in [6.07, 6.45) is 1.52. The molecular weight excluding hydrogens is 344 g/mol. The Morgan fingerprint density at radius 2 is 2.00 bits per heavy atom. The highest BCUT2D eigenvalue weighted by atomic mass is 79.9. The van der Waals surface area contributed by atoms with Gasteiger partial charge in [-0.1, -0.05) is 28.1 Å². The monoisotopic (exact) mass is 356 g/mol. The van der Waals surface area contributed by atoms with Crippen molar-refractivity contribution in [3.05, 3.63) is 64.1 Å². The molecule has 0 aliphatic rings. The molecule has 110 valence electrons. The number of methoxy groups -OCH3 is 1. The second-order valence-corrected chi connectivity index (χ2v) is 5.32. The average Bonchev–Trinajstić information content (AvgIpc) is 2.54. The lowest BCUT2D eigenvalue weighted by Crippen LogP contribution is -2.13. The third-order valence-electron chi connectivity index (χ3n) is 2.87. The van der Waals surface area contributed by atoms with E-state index in [9.17, 15) is 10.1 Å². The van der Waals surface area contributed by atoms with Crippen LogP contribution in [-0.2, 0) is 4.79 Å². The van der Waals surface area contributed by atoms with Crippen molar-refractivity contribution in [1.29, 1.82) is 5.26 Å². The van der Waals surface area contributed by atoms with Gasteiger partial charge in [0.1, 0.15) is 17.4 Å². The maximum absolute atomic E-state index is 12.1. The van der Waals surface area contributed by atoms with Crippen molar-refractivity contribution in [2.45, 2.75) is 0 Å². The summed E-state index contributed by atoms with van der Waals surface area (Å²) in [6.45, 7) is 0. The highest BCUT2D eigenvalue weighted by molar-refractivity contribution is 9.10. The number of nitrogens with zero attached hydrogens (tertiary/aromatic N) is 1. The zero-order chi connectivity index (χ0) is 15.9. The molecule has 0 radical (unpaired) electrons. The summed E-state index contributed by atoms with van der Waals surface area (Å²) in [5.74, 6) is 0.215. The van der Waals surface area contributed by atoms with Crippen LogP contribution in [-0.4, -0.2) is 13.0 Å². The minimum Gasteiger partial charge on any atom is -0.497 e. The van der Waals surface area contributed by atoms with E-state index in [0.29, 0.717) is 11.4 Å². The summed E-state index contributed by atoms with van der Waals surface area (Å²) in [5.41, 5.74) is 1.37. The highest BCUT2D eigenvalue weighted by Crippen LogP contribution is 2.17. The first-order chi connectivity index (χ1) is 10.6. The Morgan fingerprint density at radius 1 is 1.27 bits per heavy atom. The molecule has 0 aromatic heterocycles. The van der Waals surface area contributed by atoms with E-state index in [1.54, 1.807) is 43.5 Å². The number of benzene rings is 2. The van der Waals surface area contributed by atoms with Crippen LogP contribution in [0.1, 0.15) is 5.56 Å². The van der Waals surface area contributed by atoms with E-state index in [1.807, 2.05) is 18.2 Å². The Hall–Kier alpha value is -2.58. The minimum atomic E-state index is -0.451. The van der Waals surface area contributed by atoms with E-state index in [0.717, 1.165) is 10.0 Å². The van der Waals surface area contributed by atoms with Crippen LogP contribution >= 0.6 is 15.9 Å². The lowest BCUT2D eigenvalue weighted by Gasteiger charge is -2.05. The molecule has 0 aliphatic carbocycles. The molecule has 0 saturated carbocycles. The molecule has 5 heteroatoms. The van der Waals surface area contributed by atoms with E-state index >= 15 is 0 Å². The standard InChI is InChI=1S/C17H13BrN2O2/c1-22-16-4-2-3-12(10-16)9-13(11-19)17(21)20-15-7-5-14(18)6-8-15/h2-10H,1H3,(H,20,21)/b13-9-. The van der Waals surface area contributed by atoms with Crippen molar-refractivity contribution in [3.8, 4) is 11.8 Å². The van der Waals surface area contributed by atoms with E-state index in [-0.39, 0.29) is 5.57 Å². The molecule has 0 heterocycles. The van der Waals surface area contributed by atoms with E-state index in [2.05, 4.69) is 21.2 Å². The number of ether oxygens (including phenoxy) is 1. The molecule has 0 bridgehead atoms. The maximum Gasteiger partial charge on any atom is 0.266 e. The van der Waals surface area contributed by atoms with Crippen molar-refractivity contribution in [2.24, 2.45) is 0 Å². The third-order valence-corrected chi connectivity index (χ3v) is 3.40. The molecule has 4 nitrogen and oxygen atoms in total. The van der Waals surface area contributed by atoms with Gasteiger partial charge in [-0.15, -0.1) is 0 Å². The van der Waals surface area contributed by atoms with Crippen LogP contribution in [0.3, 0.4) is 0 Å². The lowest BCUT2D eigenvalue weighted by atomic mass is 10.1. The fourth-order valence-electron chi connectivity index (χ4n) is 1.78. The molecular formula is C17H13BrN2O2. The summed E-state index contributed by atoms with van der Waals surface area (Å²) in [7, 11) is 1.56. The lowest BCUT2D eigenvalue weighted by molar-refractivity contribution is -0.112. The normalized spacial score (nSPS) is 10.7. The van der Waals surface area contributed by atoms with Gasteiger partial charge in [-0.3, -0.25) is 4.79 Å². The van der Waals surface area contributed by atoms with Crippen molar-refractivity contribution < 1.29 is 9.53 Å². The first-order valence-electron chi connectivity index (χ1n) is 6.45. The van der Waals surface area contributed by atoms with E-state index in [1.165, 1.54) is 6.08 Å².